The first-order valence-electron chi connectivity index (χ1n) is 0.873. The highest BCUT2D eigenvalue weighted by molar-refractivity contribution is 7.54. The summed E-state index contributed by atoms with van der Waals surface area (Å²) in [5.41, 5.74) is 0. The Morgan fingerprint density at radius 2 is 1.17 bits per heavy atom. The van der Waals surface area contributed by atoms with Crippen LogP contribution in [0.15, 0.2) is 0 Å². The molecule has 6 heavy (non-hydrogen) atoms. The van der Waals surface area contributed by atoms with Gasteiger partial charge < -0.3 is 4.32 Å². The lowest BCUT2D eigenvalue weighted by Crippen LogP contribution is -1.66. The van der Waals surface area contributed by atoms with Crippen molar-refractivity contribution in [3.63, 3.8) is 0 Å². The molecule has 2 radical (unpaired) electrons. The highest BCUT2D eigenvalue weighted by atomic mass is 35.6. The Bertz CT molecular complexity index is 13.5. The number of rotatable bonds is 0. The van der Waals surface area contributed by atoms with E-state index in [1.807, 2.05) is 0 Å². The molecular formula is B2Cl3F. The fourth-order valence-corrected chi connectivity index (χ4v) is 0. The number of hydrogen-bond acceptors (Lipinski definition) is 0. The van der Waals surface area contributed by atoms with E-state index >= 15 is 0 Å². The van der Waals surface area contributed by atoms with Crippen molar-refractivity contribution < 1.29 is 4.32 Å². The standard InChI is InChI=1S/BCl3.BF/c2-1(3)4;1-2. The van der Waals surface area contributed by atoms with E-state index in [1.54, 1.807) is 0 Å². The summed E-state index contributed by atoms with van der Waals surface area (Å²) in [5.74, 6) is 0. The van der Waals surface area contributed by atoms with E-state index in [0.29, 0.717) is 0 Å². The third-order valence-corrected chi connectivity index (χ3v) is 0. The van der Waals surface area contributed by atoms with Gasteiger partial charge in [0.25, 0.3) is 0 Å². The summed E-state index contributed by atoms with van der Waals surface area (Å²) in [6.45, 7) is 0. The van der Waals surface area contributed by atoms with E-state index in [9.17, 15) is 0 Å². The van der Waals surface area contributed by atoms with Crippen LogP contribution in [0.25, 0.3) is 0 Å². The maximum Gasteiger partial charge on any atom is 0.450 e. The van der Waals surface area contributed by atoms with Crippen LogP contribution in [0.4, 0.5) is 4.32 Å². The predicted molar refractivity (Wildman–Crippen MR) is 30.2 cm³/mol. The van der Waals surface area contributed by atoms with Gasteiger partial charge in [-0.05, 0) is 0 Å². The van der Waals surface area contributed by atoms with Crippen LogP contribution in [0.3, 0.4) is 0 Å². The predicted octanol–water partition coefficient (Wildman–Crippen LogP) is 1.73. The Morgan fingerprint density at radius 3 is 1.17 bits per heavy atom. The van der Waals surface area contributed by atoms with Crippen LogP contribution in [0.1, 0.15) is 0 Å². The molecule has 0 heterocycles. The van der Waals surface area contributed by atoms with Gasteiger partial charge in [0.1, 0.15) is 0 Å². The van der Waals surface area contributed by atoms with E-state index in [-0.39, 0.29) is 0 Å². The quantitative estimate of drug-likeness (QED) is 0.457. The molecule has 0 aliphatic heterocycles. The van der Waals surface area contributed by atoms with Crippen molar-refractivity contribution >= 4 is 47.5 Å². The molecule has 0 nitrogen and oxygen atoms in total. The highest BCUT2D eigenvalue weighted by Gasteiger charge is 1.91. The molecule has 0 saturated carbocycles. The van der Waals surface area contributed by atoms with Crippen LogP contribution in [-0.4, -0.2) is 13.1 Å². The maximum atomic E-state index is 9.00. The molecule has 6 heteroatoms. The lowest BCUT2D eigenvalue weighted by Gasteiger charge is -1.61. The summed E-state index contributed by atoms with van der Waals surface area (Å²) < 4.78 is 9.00. The molecule has 0 aromatic heterocycles. The van der Waals surface area contributed by atoms with Crippen molar-refractivity contribution in [2.75, 3.05) is 0 Å². The second-order valence-corrected chi connectivity index (χ2v) is 2.23. The van der Waals surface area contributed by atoms with Gasteiger partial charge in [-0.3, -0.25) is 0 Å². The molecule has 0 rings (SSSR count). The summed E-state index contributed by atoms with van der Waals surface area (Å²) in [5, 5.41) is 0. The van der Waals surface area contributed by atoms with Crippen molar-refractivity contribution in [1.82, 2.24) is 0 Å². The molecule has 0 fully saturated rings. The molecule has 0 aliphatic rings. The van der Waals surface area contributed by atoms with Crippen LogP contribution >= 0.6 is 34.4 Å². The molecule has 0 aromatic rings. The number of halogens is 4. The molecule has 0 saturated heterocycles. The molecule has 0 N–H and O–H groups in total. The molecule has 0 atom stereocenters. The molecule has 0 spiro atoms. The average molecular weight is 147 g/mol. The van der Waals surface area contributed by atoms with Gasteiger partial charge in [0, 0.05) is 0 Å². The fourth-order valence-electron chi connectivity index (χ4n) is 0. The van der Waals surface area contributed by atoms with Crippen LogP contribution in [0.2, 0.25) is 0 Å². The first-order valence-corrected chi connectivity index (χ1v) is 2.18. The zero-order valence-electron chi connectivity index (χ0n) is 2.67. The Kier molecular flexibility index (Phi) is 15.6. The summed E-state index contributed by atoms with van der Waals surface area (Å²) in [7, 11) is 3.00. The van der Waals surface area contributed by atoms with E-state index in [2.05, 4.69) is 8.12 Å². The summed E-state index contributed by atoms with van der Waals surface area (Å²) in [6.07, 6.45) is 0. The normalized spacial score (nSPS) is 5.33. The van der Waals surface area contributed by atoms with Gasteiger partial charge in [0.2, 0.25) is 0 Å². The minimum absolute atomic E-state index is 0.750. The van der Waals surface area contributed by atoms with Gasteiger partial charge in [-0.1, -0.05) is 0 Å². The van der Waals surface area contributed by atoms with Crippen LogP contribution in [0.5, 0.6) is 0 Å². The van der Waals surface area contributed by atoms with Crippen LogP contribution in [0, 0.1) is 0 Å². The van der Waals surface area contributed by atoms with Gasteiger partial charge in [-0.2, -0.15) is 34.4 Å². The summed E-state index contributed by atoms with van der Waals surface area (Å²) >= 11 is 14.4. The van der Waals surface area contributed by atoms with Crippen molar-refractivity contribution in [3.8, 4) is 0 Å². The lowest BCUT2D eigenvalue weighted by atomic mass is 10.7. The molecular weight excluding hydrogens is 147 g/mol. The molecule has 0 aromatic carbocycles. The monoisotopic (exact) mass is 146 g/mol. The van der Waals surface area contributed by atoms with Gasteiger partial charge in [0.15, 0.2) is 0 Å². The molecule has 34 valence electrons. The zero-order chi connectivity index (χ0) is 5.58. The molecule has 0 aliphatic carbocycles. The van der Waals surface area contributed by atoms with Gasteiger partial charge >= 0.3 is 13.1 Å². The second-order valence-electron chi connectivity index (χ2n) is 0.247. The second kappa shape index (κ2) is 9.33. The fraction of sp³-hybridized carbons (Fsp3) is 0. The van der Waals surface area contributed by atoms with Crippen molar-refractivity contribution in [2.45, 2.75) is 0 Å². The lowest BCUT2D eigenvalue weighted by molar-refractivity contribution is 0.902. The van der Waals surface area contributed by atoms with Gasteiger partial charge in [-0.25, -0.2) is 0 Å². The van der Waals surface area contributed by atoms with E-state index in [4.69, 9.17) is 38.7 Å². The zero-order valence-corrected chi connectivity index (χ0v) is 4.93. The average Bonchev–Trinajstić information content (AvgIpc) is 1.41. The van der Waals surface area contributed by atoms with Crippen molar-refractivity contribution in [2.24, 2.45) is 0 Å². The van der Waals surface area contributed by atoms with Gasteiger partial charge in [0.05, 0.1) is 0 Å². The van der Waals surface area contributed by atoms with Crippen molar-refractivity contribution in [3.05, 3.63) is 0 Å². The van der Waals surface area contributed by atoms with E-state index in [0.717, 1.165) is 0 Å². The largest absolute Gasteiger partial charge is 0.450 e. The first-order chi connectivity index (χ1) is 2.73. The minimum atomic E-state index is -0.750. The van der Waals surface area contributed by atoms with E-state index in [1.165, 1.54) is 0 Å². The number of hydrogen-bond donors (Lipinski definition) is 0. The Hall–Kier alpha value is 0.930. The first kappa shape index (κ1) is 10.0. The van der Waals surface area contributed by atoms with Crippen LogP contribution in [-0.2, 0) is 0 Å². The van der Waals surface area contributed by atoms with E-state index < -0.39 is 4.96 Å². The topological polar surface area (TPSA) is 0 Å². The maximum absolute atomic E-state index is 9.00. The summed E-state index contributed by atoms with van der Waals surface area (Å²) in [4.78, 5) is -0.750. The molecule has 0 amide bonds. The highest BCUT2D eigenvalue weighted by Crippen LogP contribution is 1.97. The smallest absolute Gasteiger partial charge is 0.350 e. The van der Waals surface area contributed by atoms with Gasteiger partial charge in [-0.15, -0.1) is 0 Å². The van der Waals surface area contributed by atoms with Crippen LogP contribution < -0.4 is 0 Å². The Balaban J connectivity index is 0. The Morgan fingerprint density at radius 1 is 1.17 bits per heavy atom. The minimum Gasteiger partial charge on any atom is -0.350 e. The SMILES string of the molecule is ClB(Cl)Cl.[B]F. The Labute approximate surface area is 52.2 Å². The molecule has 0 unspecified atom stereocenters. The summed E-state index contributed by atoms with van der Waals surface area (Å²) in [6, 6.07) is 0. The molecule has 0 bridgehead atoms. The third kappa shape index (κ3) is 88.1. The third-order valence-electron chi connectivity index (χ3n) is 0. The van der Waals surface area contributed by atoms with Crippen molar-refractivity contribution in [1.29, 1.82) is 0 Å².